The molecule has 0 fully saturated rings. The number of aromatic nitrogens is 1. The van der Waals surface area contributed by atoms with Gasteiger partial charge in [-0.3, -0.25) is 4.79 Å². The number of carboxylic acids is 1. The van der Waals surface area contributed by atoms with Crippen molar-refractivity contribution in [3.05, 3.63) is 30.0 Å². The van der Waals surface area contributed by atoms with Crippen molar-refractivity contribution in [2.45, 2.75) is 19.8 Å². The number of hydrogen-bond donors (Lipinski definition) is 1. The zero-order valence-corrected chi connectivity index (χ0v) is 11.7. The van der Waals surface area contributed by atoms with Crippen LogP contribution in [0, 0.1) is 5.92 Å². The molecule has 0 aliphatic heterocycles. The fraction of sp³-hybridized carbons (Fsp3) is 0.400. The first-order valence-electron chi connectivity index (χ1n) is 6.32. The van der Waals surface area contributed by atoms with E-state index in [1.54, 1.807) is 7.11 Å². The molecule has 2 rings (SSSR count). The molecule has 1 atom stereocenters. The van der Waals surface area contributed by atoms with Gasteiger partial charge in [0, 0.05) is 23.6 Å². The quantitative estimate of drug-likeness (QED) is 0.920. The van der Waals surface area contributed by atoms with Gasteiger partial charge in [0.2, 0.25) is 0 Å². The number of rotatable bonds is 4. The SMILES string of the molecule is COc1ccc2c(c1)cc(C(C(=O)O)C(C)C)n2C. The Labute approximate surface area is 112 Å². The van der Waals surface area contributed by atoms with Crippen molar-refractivity contribution in [2.75, 3.05) is 7.11 Å². The lowest BCUT2D eigenvalue weighted by Gasteiger charge is -2.17. The Morgan fingerprint density at radius 2 is 2.00 bits per heavy atom. The second kappa shape index (κ2) is 4.96. The second-order valence-electron chi connectivity index (χ2n) is 5.11. The predicted molar refractivity (Wildman–Crippen MR) is 74.7 cm³/mol. The number of hydrogen-bond acceptors (Lipinski definition) is 2. The molecule has 0 amide bonds. The van der Waals surface area contributed by atoms with Crippen molar-refractivity contribution in [2.24, 2.45) is 13.0 Å². The standard InChI is InChI=1S/C15H19NO3/c1-9(2)14(15(17)18)13-8-10-7-11(19-4)5-6-12(10)16(13)3/h5-9,14H,1-4H3,(H,17,18). The minimum Gasteiger partial charge on any atom is -0.497 e. The summed E-state index contributed by atoms with van der Waals surface area (Å²) in [5.41, 5.74) is 1.84. The van der Waals surface area contributed by atoms with E-state index in [1.807, 2.05) is 49.7 Å². The van der Waals surface area contributed by atoms with Crippen LogP contribution in [0.15, 0.2) is 24.3 Å². The highest BCUT2D eigenvalue weighted by Crippen LogP contribution is 2.31. The maximum atomic E-state index is 11.5. The van der Waals surface area contributed by atoms with Crippen molar-refractivity contribution < 1.29 is 14.6 Å². The molecule has 1 aromatic heterocycles. The second-order valence-corrected chi connectivity index (χ2v) is 5.11. The predicted octanol–water partition coefficient (Wildman–Crippen LogP) is 3.01. The highest BCUT2D eigenvalue weighted by atomic mass is 16.5. The van der Waals surface area contributed by atoms with Crippen LogP contribution in [0.1, 0.15) is 25.5 Å². The van der Waals surface area contributed by atoms with Crippen LogP contribution < -0.4 is 4.74 Å². The van der Waals surface area contributed by atoms with Gasteiger partial charge < -0.3 is 14.4 Å². The number of carbonyl (C=O) groups is 1. The Bertz CT molecular complexity index is 613. The molecular weight excluding hydrogens is 242 g/mol. The van der Waals surface area contributed by atoms with E-state index in [0.29, 0.717) is 0 Å². The van der Waals surface area contributed by atoms with E-state index >= 15 is 0 Å². The molecule has 1 unspecified atom stereocenters. The van der Waals surface area contributed by atoms with E-state index in [-0.39, 0.29) is 5.92 Å². The Hall–Kier alpha value is -1.97. The summed E-state index contributed by atoms with van der Waals surface area (Å²) in [5.74, 6) is -0.459. The molecule has 19 heavy (non-hydrogen) atoms. The molecule has 0 radical (unpaired) electrons. The molecule has 102 valence electrons. The van der Waals surface area contributed by atoms with Gasteiger partial charge in [-0.1, -0.05) is 13.8 Å². The lowest BCUT2D eigenvalue weighted by molar-refractivity contribution is -0.140. The van der Waals surface area contributed by atoms with Gasteiger partial charge in [0.1, 0.15) is 5.75 Å². The molecule has 1 heterocycles. The zero-order valence-electron chi connectivity index (χ0n) is 11.7. The number of aliphatic carboxylic acids is 1. The van der Waals surface area contributed by atoms with Crippen molar-refractivity contribution in [1.82, 2.24) is 4.57 Å². The summed E-state index contributed by atoms with van der Waals surface area (Å²) in [6, 6.07) is 7.71. The lowest BCUT2D eigenvalue weighted by atomic mass is 9.92. The largest absolute Gasteiger partial charge is 0.497 e. The minimum atomic E-state index is -0.784. The zero-order chi connectivity index (χ0) is 14.2. The van der Waals surface area contributed by atoms with Crippen LogP contribution in [0.3, 0.4) is 0 Å². The van der Waals surface area contributed by atoms with Gasteiger partial charge in [-0.2, -0.15) is 0 Å². The van der Waals surface area contributed by atoms with Gasteiger partial charge >= 0.3 is 5.97 Å². The highest BCUT2D eigenvalue weighted by Gasteiger charge is 2.26. The smallest absolute Gasteiger partial charge is 0.312 e. The summed E-state index contributed by atoms with van der Waals surface area (Å²) in [4.78, 5) is 11.5. The minimum absolute atomic E-state index is 0.0439. The molecule has 2 aromatic rings. The maximum absolute atomic E-state index is 11.5. The number of fused-ring (bicyclic) bond motifs is 1. The van der Waals surface area contributed by atoms with Crippen LogP contribution in [-0.2, 0) is 11.8 Å². The number of aryl methyl sites for hydroxylation is 1. The van der Waals surface area contributed by atoms with Gasteiger partial charge in [0.25, 0.3) is 0 Å². The number of carboxylic acid groups (broad SMARTS) is 1. The summed E-state index contributed by atoms with van der Waals surface area (Å²) in [7, 11) is 3.53. The van der Waals surface area contributed by atoms with E-state index in [0.717, 1.165) is 22.3 Å². The summed E-state index contributed by atoms with van der Waals surface area (Å²) < 4.78 is 7.15. The Morgan fingerprint density at radius 3 is 2.53 bits per heavy atom. The van der Waals surface area contributed by atoms with Crippen LogP contribution in [0.5, 0.6) is 5.75 Å². The van der Waals surface area contributed by atoms with Crippen molar-refractivity contribution in [1.29, 1.82) is 0 Å². The van der Waals surface area contributed by atoms with E-state index in [9.17, 15) is 9.90 Å². The Kier molecular flexibility index (Phi) is 3.51. The first-order valence-corrected chi connectivity index (χ1v) is 6.32. The van der Waals surface area contributed by atoms with Gasteiger partial charge in [-0.15, -0.1) is 0 Å². The molecule has 0 saturated heterocycles. The first kappa shape index (κ1) is 13.5. The summed E-state index contributed by atoms with van der Waals surface area (Å²) >= 11 is 0. The van der Waals surface area contributed by atoms with Crippen LogP contribution in [0.4, 0.5) is 0 Å². The molecule has 4 nitrogen and oxygen atoms in total. The van der Waals surface area contributed by atoms with E-state index < -0.39 is 11.9 Å². The van der Waals surface area contributed by atoms with E-state index in [2.05, 4.69) is 0 Å². The summed E-state index contributed by atoms with van der Waals surface area (Å²) in [6.07, 6.45) is 0. The molecular formula is C15H19NO3. The molecule has 1 N–H and O–H groups in total. The number of ether oxygens (including phenoxy) is 1. The fourth-order valence-electron chi connectivity index (χ4n) is 2.53. The maximum Gasteiger partial charge on any atom is 0.312 e. The van der Waals surface area contributed by atoms with E-state index in [4.69, 9.17) is 4.74 Å². The molecule has 0 bridgehead atoms. The van der Waals surface area contributed by atoms with Crippen molar-refractivity contribution in [3.8, 4) is 5.75 Å². The van der Waals surface area contributed by atoms with Gasteiger partial charge in [-0.25, -0.2) is 0 Å². The first-order chi connectivity index (χ1) is 8.95. The van der Waals surface area contributed by atoms with Gasteiger partial charge in [-0.05, 0) is 30.2 Å². The topological polar surface area (TPSA) is 51.5 Å². The highest BCUT2D eigenvalue weighted by molar-refractivity contribution is 5.86. The monoisotopic (exact) mass is 261 g/mol. The third kappa shape index (κ3) is 2.30. The van der Waals surface area contributed by atoms with Crippen LogP contribution >= 0.6 is 0 Å². The average molecular weight is 261 g/mol. The molecule has 0 spiro atoms. The van der Waals surface area contributed by atoms with Crippen LogP contribution in [-0.4, -0.2) is 22.8 Å². The van der Waals surface area contributed by atoms with Gasteiger partial charge in [0.15, 0.2) is 0 Å². The van der Waals surface area contributed by atoms with Gasteiger partial charge in [0.05, 0.1) is 13.0 Å². The molecule has 0 aliphatic rings. The molecule has 0 aliphatic carbocycles. The van der Waals surface area contributed by atoms with Crippen molar-refractivity contribution in [3.63, 3.8) is 0 Å². The Balaban J connectivity index is 2.61. The molecule has 0 saturated carbocycles. The normalized spacial score (nSPS) is 12.9. The third-order valence-corrected chi connectivity index (χ3v) is 3.54. The van der Waals surface area contributed by atoms with Crippen LogP contribution in [0.25, 0.3) is 10.9 Å². The average Bonchev–Trinajstić information content (AvgIpc) is 2.65. The third-order valence-electron chi connectivity index (χ3n) is 3.54. The lowest BCUT2D eigenvalue weighted by Crippen LogP contribution is -2.19. The van der Waals surface area contributed by atoms with Crippen LogP contribution in [0.2, 0.25) is 0 Å². The Morgan fingerprint density at radius 1 is 1.32 bits per heavy atom. The number of methoxy groups -OCH3 is 1. The number of nitrogens with zero attached hydrogens (tertiary/aromatic N) is 1. The van der Waals surface area contributed by atoms with E-state index in [1.165, 1.54) is 0 Å². The van der Waals surface area contributed by atoms with Crippen molar-refractivity contribution >= 4 is 16.9 Å². The summed E-state index contributed by atoms with van der Waals surface area (Å²) in [6.45, 7) is 3.86. The molecule has 4 heteroatoms. The molecule has 1 aromatic carbocycles. The fourth-order valence-corrected chi connectivity index (χ4v) is 2.53. The summed E-state index contributed by atoms with van der Waals surface area (Å²) in [5, 5.41) is 10.4. The number of benzene rings is 1.